The highest BCUT2D eigenvalue weighted by atomic mass is 35.5. The summed E-state index contributed by atoms with van der Waals surface area (Å²) in [6.45, 7) is 1.89. The van der Waals surface area contributed by atoms with Crippen molar-refractivity contribution >= 4 is 50.2 Å². The number of rotatable bonds is 5. The number of thiophene rings is 1. The molecule has 1 aliphatic rings. The molecule has 1 heterocycles. The fourth-order valence-corrected chi connectivity index (χ4v) is 6.15. The molecule has 0 unspecified atom stereocenters. The molecule has 0 spiro atoms. The number of aryl methyl sites for hydroxylation is 1. The van der Waals surface area contributed by atoms with E-state index in [1.807, 2.05) is 0 Å². The largest absolute Gasteiger partial charge is 0.392 e. The SMILES string of the molecule is Cc1cc(S(=O)(=O)N(CC(N)=S)C2CCCC2)sc1Cl. The lowest BCUT2D eigenvalue weighted by atomic mass is 10.2. The predicted molar refractivity (Wildman–Crippen MR) is 87.0 cm³/mol. The van der Waals surface area contributed by atoms with Crippen molar-refractivity contribution in [2.45, 2.75) is 42.9 Å². The molecule has 2 rings (SSSR count). The van der Waals surface area contributed by atoms with Gasteiger partial charge in [-0.15, -0.1) is 11.3 Å². The highest BCUT2D eigenvalue weighted by molar-refractivity contribution is 7.91. The lowest BCUT2D eigenvalue weighted by Gasteiger charge is -2.26. The Kier molecular flexibility index (Phi) is 5.07. The van der Waals surface area contributed by atoms with E-state index >= 15 is 0 Å². The minimum Gasteiger partial charge on any atom is -0.392 e. The van der Waals surface area contributed by atoms with Crippen molar-refractivity contribution < 1.29 is 8.42 Å². The molecule has 20 heavy (non-hydrogen) atoms. The van der Waals surface area contributed by atoms with E-state index in [9.17, 15) is 8.42 Å². The van der Waals surface area contributed by atoms with E-state index in [2.05, 4.69) is 0 Å². The van der Waals surface area contributed by atoms with Gasteiger partial charge in [0.25, 0.3) is 10.0 Å². The quantitative estimate of drug-likeness (QED) is 0.827. The summed E-state index contributed by atoms with van der Waals surface area (Å²) in [7, 11) is -3.58. The summed E-state index contributed by atoms with van der Waals surface area (Å²) in [5, 5.41) is 0. The van der Waals surface area contributed by atoms with Crippen molar-refractivity contribution in [2.24, 2.45) is 5.73 Å². The van der Waals surface area contributed by atoms with Crippen molar-refractivity contribution in [2.75, 3.05) is 6.54 Å². The molecule has 0 radical (unpaired) electrons. The molecular formula is C12H17ClN2O2S3. The maximum Gasteiger partial charge on any atom is 0.253 e. The Bertz CT molecular complexity index is 587. The fraction of sp³-hybridized carbons (Fsp3) is 0.583. The normalized spacial score (nSPS) is 16.9. The first-order valence-electron chi connectivity index (χ1n) is 6.38. The van der Waals surface area contributed by atoms with Gasteiger partial charge in [0.1, 0.15) is 4.21 Å². The van der Waals surface area contributed by atoms with Crippen LogP contribution in [-0.2, 0) is 10.0 Å². The first kappa shape index (κ1) is 16.2. The van der Waals surface area contributed by atoms with Crippen LogP contribution >= 0.6 is 35.2 Å². The second kappa shape index (κ2) is 6.27. The van der Waals surface area contributed by atoms with E-state index in [4.69, 9.17) is 29.6 Å². The number of thiocarbonyl (C=S) groups is 1. The fourth-order valence-electron chi connectivity index (χ4n) is 2.43. The molecule has 0 amide bonds. The standard InChI is InChI=1S/C12H17ClN2O2S3/c1-8-6-11(19-12(8)13)20(16,17)15(7-10(14)18)9-4-2-3-5-9/h6,9H,2-5,7H2,1H3,(H2,14,18). The third-order valence-corrected chi connectivity index (χ3v) is 7.47. The Labute approximate surface area is 134 Å². The van der Waals surface area contributed by atoms with E-state index in [0.29, 0.717) is 4.34 Å². The lowest BCUT2D eigenvalue weighted by Crippen LogP contribution is -2.43. The minimum absolute atomic E-state index is 0.0114. The van der Waals surface area contributed by atoms with E-state index in [-0.39, 0.29) is 21.8 Å². The van der Waals surface area contributed by atoms with Crippen molar-refractivity contribution in [3.63, 3.8) is 0 Å². The number of nitrogens with zero attached hydrogens (tertiary/aromatic N) is 1. The molecule has 0 saturated heterocycles. The van der Waals surface area contributed by atoms with Crippen LogP contribution < -0.4 is 5.73 Å². The van der Waals surface area contributed by atoms with Crippen molar-refractivity contribution in [3.05, 3.63) is 16.0 Å². The molecule has 0 aliphatic heterocycles. The van der Waals surface area contributed by atoms with Gasteiger partial charge in [-0.2, -0.15) is 4.31 Å². The molecule has 2 N–H and O–H groups in total. The maximum atomic E-state index is 12.8. The molecule has 0 bridgehead atoms. The van der Waals surface area contributed by atoms with Crippen LogP contribution in [0, 0.1) is 6.92 Å². The number of hydrogen-bond donors (Lipinski definition) is 1. The molecule has 1 aromatic rings. The van der Waals surface area contributed by atoms with E-state index in [1.165, 1.54) is 4.31 Å². The van der Waals surface area contributed by atoms with Crippen molar-refractivity contribution in [1.82, 2.24) is 4.31 Å². The zero-order valence-corrected chi connectivity index (χ0v) is 14.3. The first-order chi connectivity index (χ1) is 9.32. The van der Waals surface area contributed by atoms with Gasteiger partial charge in [-0.25, -0.2) is 8.42 Å². The van der Waals surface area contributed by atoms with Gasteiger partial charge in [-0.05, 0) is 31.4 Å². The van der Waals surface area contributed by atoms with Crippen molar-refractivity contribution in [3.8, 4) is 0 Å². The third-order valence-electron chi connectivity index (χ3n) is 3.44. The van der Waals surface area contributed by atoms with Crippen LogP contribution in [0.3, 0.4) is 0 Å². The monoisotopic (exact) mass is 352 g/mol. The van der Waals surface area contributed by atoms with Crippen LogP contribution in [0.1, 0.15) is 31.2 Å². The maximum absolute atomic E-state index is 12.8. The molecule has 0 atom stereocenters. The van der Waals surface area contributed by atoms with Crippen LogP contribution in [0.25, 0.3) is 0 Å². The second-order valence-electron chi connectivity index (χ2n) is 4.98. The Balaban J connectivity index is 2.37. The van der Waals surface area contributed by atoms with Crippen LogP contribution in [0.4, 0.5) is 0 Å². The topological polar surface area (TPSA) is 63.4 Å². The van der Waals surface area contributed by atoms with Crippen molar-refractivity contribution in [1.29, 1.82) is 0 Å². The molecule has 8 heteroatoms. The highest BCUT2D eigenvalue weighted by Crippen LogP contribution is 2.35. The average Bonchev–Trinajstić information content (AvgIpc) is 2.97. The number of nitrogens with two attached hydrogens (primary N) is 1. The zero-order chi connectivity index (χ0) is 14.9. The van der Waals surface area contributed by atoms with Gasteiger partial charge in [0.2, 0.25) is 0 Å². The van der Waals surface area contributed by atoms with Gasteiger partial charge in [-0.3, -0.25) is 0 Å². The highest BCUT2D eigenvalue weighted by Gasteiger charge is 2.34. The zero-order valence-electron chi connectivity index (χ0n) is 11.1. The van der Waals surface area contributed by atoms with Gasteiger partial charge in [-0.1, -0.05) is 36.7 Å². The molecule has 1 aliphatic carbocycles. The molecule has 1 saturated carbocycles. The lowest BCUT2D eigenvalue weighted by molar-refractivity contribution is 0.356. The van der Waals surface area contributed by atoms with E-state index in [1.54, 1.807) is 13.0 Å². The smallest absolute Gasteiger partial charge is 0.253 e. The van der Waals surface area contributed by atoms with Gasteiger partial charge in [0.15, 0.2) is 0 Å². The van der Waals surface area contributed by atoms with Gasteiger partial charge in [0.05, 0.1) is 15.9 Å². The summed E-state index contributed by atoms with van der Waals surface area (Å²) in [4.78, 5) is 0.194. The number of sulfonamides is 1. The Morgan fingerprint density at radius 3 is 2.60 bits per heavy atom. The molecule has 0 aromatic carbocycles. The summed E-state index contributed by atoms with van der Waals surface area (Å²) in [6, 6.07) is 1.60. The number of hydrogen-bond acceptors (Lipinski definition) is 4. The summed E-state index contributed by atoms with van der Waals surface area (Å²) in [5.41, 5.74) is 6.35. The van der Waals surface area contributed by atoms with E-state index < -0.39 is 10.0 Å². The molecule has 1 fully saturated rings. The minimum atomic E-state index is -3.58. The summed E-state index contributed by atoms with van der Waals surface area (Å²) >= 11 is 12.0. The predicted octanol–water partition coefficient (Wildman–Crippen LogP) is 2.93. The summed E-state index contributed by atoms with van der Waals surface area (Å²) < 4.78 is 27.8. The average molecular weight is 353 g/mol. The van der Waals surface area contributed by atoms with Crippen LogP contribution in [-0.4, -0.2) is 30.3 Å². The van der Waals surface area contributed by atoms with Gasteiger partial charge >= 0.3 is 0 Å². The molecule has 112 valence electrons. The van der Waals surface area contributed by atoms with Gasteiger partial charge in [0, 0.05) is 6.04 Å². The molecule has 1 aromatic heterocycles. The third kappa shape index (κ3) is 3.33. The Morgan fingerprint density at radius 1 is 1.55 bits per heavy atom. The van der Waals surface area contributed by atoms with Crippen LogP contribution in [0.5, 0.6) is 0 Å². The van der Waals surface area contributed by atoms with Gasteiger partial charge < -0.3 is 5.73 Å². The van der Waals surface area contributed by atoms with Crippen LogP contribution in [0.15, 0.2) is 10.3 Å². The molecule has 4 nitrogen and oxygen atoms in total. The second-order valence-corrected chi connectivity index (χ2v) is 9.27. The summed E-state index contributed by atoms with van der Waals surface area (Å²) in [5.74, 6) is 0. The first-order valence-corrected chi connectivity index (χ1v) is 9.42. The van der Waals surface area contributed by atoms with E-state index in [0.717, 1.165) is 42.6 Å². The Morgan fingerprint density at radius 2 is 2.15 bits per heavy atom. The Hall–Kier alpha value is -0.210. The summed E-state index contributed by atoms with van der Waals surface area (Å²) in [6.07, 6.45) is 3.80. The van der Waals surface area contributed by atoms with Crippen LogP contribution in [0.2, 0.25) is 4.34 Å². The molecular weight excluding hydrogens is 336 g/mol. The number of halogens is 1.